The average molecular weight is 285 g/mol. The number of ether oxygens (including phenoxy) is 2. The van der Waals surface area contributed by atoms with Crippen LogP contribution in [0, 0.1) is 0 Å². The Kier molecular flexibility index (Phi) is 11.7. The van der Waals surface area contributed by atoms with Crippen molar-refractivity contribution in [2.45, 2.75) is 44.9 Å². The molecule has 6 heteroatoms. The molecule has 0 aromatic heterocycles. The van der Waals surface area contributed by atoms with Gasteiger partial charge in [0.2, 0.25) is 0 Å². The van der Waals surface area contributed by atoms with Crippen LogP contribution in [0.5, 0.6) is 0 Å². The van der Waals surface area contributed by atoms with Gasteiger partial charge in [-0.25, -0.2) is 0 Å². The molecule has 0 bridgehead atoms. The van der Waals surface area contributed by atoms with E-state index in [1.807, 2.05) is 0 Å². The summed E-state index contributed by atoms with van der Waals surface area (Å²) >= 11 is 10.5. The van der Waals surface area contributed by atoms with Gasteiger partial charge in [0.25, 0.3) is 0 Å². The van der Waals surface area contributed by atoms with Crippen molar-refractivity contribution in [3.8, 4) is 0 Å². The second kappa shape index (κ2) is 12.0. The molecule has 0 aliphatic heterocycles. The first kappa shape index (κ1) is 16.5. The van der Waals surface area contributed by atoms with Crippen LogP contribution in [0.3, 0.4) is 0 Å². The molecular weight excluding hydrogens is 267 g/mol. The smallest absolute Gasteiger partial charge is 0.306 e. The van der Waals surface area contributed by atoms with Crippen molar-refractivity contribution in [3.05, 3.63) is 0 Å². The van der Waals surface area contributed by atoms with Gasteiger partial charge in [-0.05, 0) is 12.8 Å². The number of unbranched alkanes of at least 4 members (excludes halogenated alkanes) is 4. The third-order valence-electron chi connectivity index (χ3n) is 2.19. The molecule has 0 unspecified atom stereocenters. The number of hydrogen-bond donors (Lipinski definition) is 0. The summed E-state index contributed by atoms with van der Waals surface area (Å²) in [6, 6.07) is -0.164. The lowest BCUT2D eigenvalue weighted by Crippen LogP contribution is -2.03. The number of alkyl halides is 2. The van der Waals surface area contributed by atoms with Crippen LogP contribution < -0.4 is 0 Å². The van der Waals surface area contributed by atoms with Crippen molar-refractivity contribution in [1.82, 2.24) is 0 Å². The van der Waals surface area contributed by atoms with Crippen LogP contribution in [0.2, 0.25) is 0 Å². The van der Waals surface area contributed by atoms with Gasteiger partial charge in [-0.1, -0.05) is 42.5 Å². The van der Waals surface area contributed by atoms with Gasteiger partial charge in [-0.2, -0.15) is 0 Å². The Morgan fingerprint density at radius 1 is 0.706 bits per heavy atom. The summed E-state index contributed by atoms with van der Waals surface area (Å²) in [4.78, 5) is 21.8. The molecule has 0 fully saturated rings. The Morgan fingerprint density at radius 3 is 1.41 bits per heavy atom. The summed E-state index contributed by atoms with van der Waals surface area (Å²) in [6.07, 6.45) is 5.28. The maximum Gasteiger partial charge on any atom is 0.306 e. The van der Waals surface area contributed by atoms with Gasteiger partial charge in [0.1, 0.15) is 0 Å². The van der Waals surface area contributed by atoms with Crippen molar-refractivity contribution in [2.24, 2.45) is 0 Å². The lowest BCUT2D eigenvalue weighted by Gasteiger charge is -2.02. The van der Waals surface area contributed by atoms with E-state index in [0.29, 0.717) is 12.8 Å². The number of carbonyl (C=O) groups is 2. The van der Waals surface area contributed by atoms with E-state index in [0.717, 1.165) is 32.1 Å². The minimum absolute atomic E-state index is 0.0818. The first-order valence-corrected chi connectivity index (χ1v) is 6.70. The van der Waals surface area contributed by atoms with Crippen LogP contribution in [-0.2, 0) is 19.1 Å². The molecule has 0 radical (unpaired) electrons. The second-order valence-electron chi connectivity index (χ2n) is 3.52. The summed E-state index contributed by atoms with van der Waals surface area (Å²) in [5.74, 6) is -0.517. The highest BCUT2D eigenvalue weighted by Gasteiger charge is 2.03. The SMILES string of the molecule is O=C(CCCCCCCC(=O)OCCl)OCCl. The molecule has 0 N–H and O–H groups in total. The fraction of sp³-hybridized carbons (Fsp3) is 0.818. The van der Waals surface area contributed by atoms with E-state index >= 15 is 0 Å². The first-order valence-electron chi connectivity index (χ1n) is 5.64. The van der Waals surface area contributed by atoms with Crippen molar-refractivity contribution in [2.75, 3.05) is 12.1 Å². The Morgan fingerprint density at radius 2 is 1.06 bits per heavy atom. The van der Waals surface area contributed by atoms with Crippen molar-refractivity contribution in [3.63, 3.8) is 0 Å². The fourth-order valence-corrected chi connectivity index (χ4v) is 1.58. The summed E-state index contributed by atoms with van der Waals surface area (Å²) < 4.78 is 9.16. The van der Waals surface area contributed by atoms with Gasteiger partial charge in [0.15, 0.2) is 12.1 Å². The minimum atomic E-state index is -0.259. The molecule has 0 heterocycles. The van der Waals surface area contributed by atoms with Gasteiger partial charge in [-0.15, -0.1) is 0 Å². The van der Waals surface area contributed by atoms with Gasteiger partial charge >= 0.3 is 11.9 Å². The zero-order valence-electron chi connectivity index (χ0n) is 9.75. The van der Waals surface area contributed by atoms with Gasteiger partial charge in [-0.3, -0.25) is 9.59 Å². The summed E-state index contributed by atoms with van der Waals surface area (Å²) in [6.45, 7) is 0. The van der Waals surface area contributed by atoms with E-state index in [-0.39, 0.29) is 24.1 Å². The van der Waals surface area contributed by atoms with Crippen LogP contribution in [-0.4, -0.2) is 24.1 Å². The van der Waals surface area contributed by atoms with Crippen LogP contribution in [0.25, 0.3) is 0 Å². The lowest BCUT2D eigenvalue weighted by molar-refractivity contribution is -0.142. The summed E-state index contributed by atoms with van der Waals surface area (Å²) in [5, 5.41) is 0. The Bertz CT molecular complexity index is 200. The maximum absolute atomic E-state index is 10.9. The quantitative estimate of drug-likeness (QED) is 0.351. The summed E-state index contributed by atoms with van der Waals surface area (Å²) in [7, 11) is 0. The Balaban J connectivity index is 3.18. The molecule has 0 amide bonds. The molecule has 0 aliphatic carbocycles. The summed E-state index contributed by atoms with van der Waals surface area (Å²) in [5.41, 5.74) is 0. The molecule has 0 aromatic rings. The minimum Gasteiger partial charge on any atom is -0.449 e. The molecule has 0 rings (SSSR count). The lowest BCUT2D eigenvalue weighted by atomic mass is 10.1. The highest BCUT2D eigenvalue weighted by Crippen LogP contribution is 2.08. The molecule has 17 heavy (non-hydrogen) atoms. The zero-order valence-corrected chi connectivity index (χ0v) is 11.3. The number of hydrogen-bond acceptors (Lipinski definition) is 4. The average Bonchev–Trinajstić information content (AvgIpc) is 2.28. The Hall–Kier alpha value is -0.480. The molecule has 0 atom stereocenters. The van der Waals surface area contributed by atoms with Gasteiger partial charge in [0, 0.05) is 12.8 Å². The largest absolute Gasteiger partial charge is 0.449 e. The van der Waals surface area contributed by atoms with Crippen LogP contribution >= 0.6 is 23.2 Å². The standard InChI is InChI=1S/C11H18Cl2O4/c12-8-16-10(14)6-4-2-1-3-5-7-11(15)17-9-13/h1-9H2. The zero-order chi connectivity index (χ0) is 12.9. The van der Waals surface area contributed by atoms with Gasteiger partial charge in [0.05, 0.1) is 0 Å². The molecule has 0 aliphatic rings. The van der Waals surface area contributed by atoms with E-state index in [1.54, 1.807) is 0 Å². The van der Waals surface area contributed by atoms with Crippen molar-refractivity contribution < 1.29 is 19.1 Å². The van der Waals surface area contributed by atoms with E-state index in [2.05, 4.69) is 9.47 Å². The van der Waals surface area contributed by atoms with E-state index in [1.165, 1.54) is 0 Å². The van der Waals surface area contributed by atoms with Crippen LogP contribution in [0.1, 0.15) is 44.9 Å². The molecule has 0 saturated carbocycles. The number of halogens is 2. The van der Waals surface area contributed by atoms with Crippen LogP contribution in [0.4, 0.5) is 0 Å². The normalized spacial score (nSPS) is 10.0. The predicted molar refractivity (Wildman–Crippen MR) is 65.9 cm³/mol. The first-order chi connectivity index (χ1) is 8.20. The topological polar surface area (TPSA) is 52.6 Å². The number of rotatable bonds is 10. The highest BCUT2D eigenvalue weighted by molar-refractivity contribution is 6.17. The number of carbonyl (C=O) groups excluding carboxylic acids is 2. The fourth-order valence-electron chi connectivity index (χ4n) is 1.34. The molecule has 100 valence electrons. The molecule has 0 spiro atoms. The number of esters is 2. The molecule has 0 saturated heterocycles. The second-order valence-corrected chi connectivity index (χ2v) is 3.96. The van der Waals surface area contributed by atoms with Crippen molar-refractivity contribution >= 4 is 35.1 Å². The third-order valence-corrected chi connectivity index (χ3v) is 2.41. The Labute approximate surface area is 112 Å². The van der Waals surface area contributed by atoms with Crippen molar-refractivity contribution in [1.29, 1.82) is 0 Å². The van der Waals surface area contributed by atoms with Crippen LogP contribution in [0.15, 0.2) is 0 Å². The molecule has 0 aromatic carbocycles. The molecular formula is C11H18Cl2O4. The highest BCUT2D eigenvalue weighted by atomic mass is 35.5. The monoisotopic (exact) mass is 284 g/mol. The molecule has 4 nitrogen and oxygen atoms in total. The predicted octanol–water partition coefficient (Wildman–Crippen LogP) is 3.20. The van der Waals surface area contributed by atoms with Gasteiger partial charge < -0.3 is 9.47 Å². The third kappa shape index (κ3) is 11.8. The van der Waals surface area contributed by atoms with E-state index < -0.39 is 0 Å². The van der Waals surface area contributed by atoms with E-state index in [4.69, 9.17) is 23.2 Å². The maximum atomic E-state index is 10.9. The van der Waals surface area contributed by atoms with E-state index in [9.17, 15) is 9.59 Å².